The minimum Gasteiger partial charge on any atom is -0.392 e. The molecule has 0 bridgehead atoms. The molecular weight excluding hydrogens is 164 g/mol. The highest BCUT2D eigenvalue weighted by atomic mass is 16.3. The first-order valence-electron chi connectivity index (χ1n) is 4.52. The second-order valence-corrected chi connectivity index (χ2v) is 3.48. The van der Waals surface area contributed by atoms with Gasteiger partial charge in [0.1, 0.15) is 5.82 Å². The van der Waals surface area contributed by atoms with E-state index in [-0.39, 0.29) is 6.61 Å². The van der Waals surface area contributed by atoms with Crippen LogP contribution in [0.2, 0.25) is 0 Å². The molecule has 1 rings (SSSR count). The molecule has 0 aliphatic rings. The van der Waals surface area contributed by atoms with Crippen molar-refractivity contribution in [3.63, 3.8) is 0 Å². The van der Waals surface area contributed by atoms with Gasteiger partial charge in [-0.25, -0.2) is 4.98 Å². The number of aliphatic hydroxyl groups is 1. The lowest BCUT2D eigenvalue weighted by molar-refractivity contribution is 0.281. The van der Waals surface area contributed by atoms with Gasteiger partial charge in [0.15, 0.2) is 0 Å². The molecule has 2 N–H and O–H groups in total. The molecule has 13 heavy (non-hydrogen) atoms. The third kappa shape index (κ3) is 3.42. The summed E-state index contributed by atoms with van der Waals surface area (Å²) in [6.07, 6.45) is 1.68. The van der Waals surface area contributed by atoms with Crippen LogP contribution >= 0.6 is 0 Å². The molecule has 0 aliphatic heterocycles. The zero-order valence-electron chi connectivity index (χ0n) is 8.12. The predicted octanol–water partition coefficient (Wildman–Crippen LogP) is 1.64. The highest BCUT2D eigenvalue weighted by Gasteiger charge is 1.96. The smallest absolute Gasteiger partial charge is 0.125 e. The van der Waals surface area contributed by atoms with Gasteiger partial charge in [-0.15, -0.1) is 0 Å². The van der Waals surface area contributed by atoms with E-state index in [1.807, 2.05) is 12.1 Å². The Hall–Kier alpha value is -1.09. The molecule has 0 aliphatic carbocycles. The van der Waals surface area contributed by atoms with Crippen molar-refractivity contribution in [2.45, 2.75) is 20.5 Å². The summed E-state index contributed by atoms with van der Waals surface area (Å²) in [4.78, 5) is 4.15. The normalized spacial score (nSPS) is 10.5. The molecule has 0 unspecified atom stereocenters. The SMILES string of the molecule is CC(C)CNc1ccc(CO)cn1. The Morgan fingerprint density at radius 3 is 2.69 bits per heavy atom. The van der Waals surface area contributed by atoms with Gasteiger partial charge in [0.05, 0.1) is 6.61 Å². The lowest BCUT2D eigenvalue weighted by atomic mass is 10.2. The average molecular weight is 180 g/mol. The number of nitrogens with zero attached hydrogens (tertiary/aromatic N) is 1. The predicted molar refractivity (Wildman–Crippen MR) is 53.5 cm³/mol. The summed E-state index contributed by atoms with van der Waals surface area (Å²) in [5.41, 5.74) is 0.843. The van der Waals surface area contributed by atoms with E-state index in [1.54, 1.807) is 6.20 Å². The Morgan fingerprint density at radius 1 is 1.46 bits per heavy atom. The Balaban J connectivity index is 2.49. The number of rotatable bonds is 4. The first-order chi connectivity index (χ1) is 6.22. The molecule has 0 spiro atoms. The third-order valence-corrected chi connectivity index (χ3v) is 1.70. The Bertz CT molecular complexity index is 244. The van der Waals surface area contributed by atoms with Gasteiger partial charge < -0.3 is 10.4 Å². The van der Waals surface area contributed by atoms with E-state index < -0.39 is 0 Å². The van der Waals surface area contributed by atoms with E-state index in [0.717, 1.165) is 17.9 Å². The van der Waals surface area contributed by atoms with Crippen molar-refractivity contribution in [3.05, 3.63) is 23.9 Å². The quantitative estimate of drug-likeness (QED) is 0.740. The molecule has 1 heterocycles. The molecule has 3 nitrogen and oxygen atoms in total. The van der Waals surface area contributed by atoms with E-state index in [2.05, 4.69) is 24.1 Å². The highest BCUT2D eigenvalue weighted by molar-refractivity contribution is 5.35. The van der Waals surface area contributed by atoms with Crippen molar-refractivity contribution < 1.29 is 5.11 Å². The Kier molecular flexibility index (Phi) is 3.71. The van der Waals surface area contributed by atoms with Crippen molar-refractivity contribution in [1.82, 2.24) is 4.98 Å². The van der Waals surface area contributed by atoms with Gasteiger partial charge in [-0.1, -0.05) is 19.9 Å². The number of nitrogens with one attached hydrogen (secondary N) is 1. The summed E-state index contributed by atoms with van der Waals surface area (Å²) in [6.45, 7) is 5.27. The first-order valence-corrected chi connectivity index (χ1v) is 4.52. The van der Waals surface area contributed by atoms with Crippen LogP contribution in [-0.2, 0) is 6.61 Å². The molecule has 1 aromatic rings. The number of aromatic nitrogens is 1. The van der Waals surface area contributed by atoms with Gasteiger partial charge in [0, 0.05) is 12.7 Å². The minimum absolute atomic E-state index is 0.0530. The standard InChI is InChI=1S/C10H16N2O/c1-8(2)5-11-10-4-3-9(7-13)6-12-10/h3-4,6,8,13H,5,7H2,1-2H3,(H,11,12). The van der Waals surface area contributed by atoms with Gasteiger partial charge >= 0.3 is 0 Å². The maximum absolute atomic E-state index is 8.79. The summed E-state index contributed by atoms with van der Waals surface area (Å²) in [7, 11) is 0. The molecule has 0 aromatic carbocycles. The minimum atomic E-state index is 0.0530. The zero-order chi connectivity index (χ0) is 9.68. The molecule has 72 valence electrons. The third-order valence-electron chi connectivity index (χ3n) is 1.70. The topological polar surface area (TPSA) is 45.1 Å². The summed E-state index contributed by atoms with van der Waals surface area (Å²) in [5, 5.41) is 12.0. The number of hydrogen-bond acceptors (Lipinski definition) is 3. The van der Waals surface area contributed by atoms with Crippen molar-refractivity contribution in [2.24, 2.45) is 5.92 Å². The fourth-order valence-corrected chi connectivity index (χ4v) is 0.931. The van der Waals surface area contributed by atoms with Crippen LogP contribution in [-0.4, -0.2) is 16.6 Å². The van der Waals surface area contributed by atoms with Crippen LogP contribution in [0.1, 0.15) is 19.4 Å². The van der Waals surface area contributed by atoms with Gasteiger partial charge in [-0.05, 0) is 17.5 Å². The number of aliphatic hydroxyl groups excluding tert-OH is 1. The fourth-order valence-electron chi connectivity index (χ4n) is 0.931. The molecular formula is C10H16N2O. The second kappa shape index (κ2) is 4.82. The molecule has 1 aromatic heterocycles. The monoisotopic (exact) mass is 180 g/mol. The molecule has 0 fully saturated rings. The molecule has 0 saturated carbocycles. The van der Waals surface area contributed by atoms with Gasteiger partial charge in [0.2, 0.25) is 0 Å². The summed E-state index contributed by atoms with van der Waals surface area (Å²) in [6, 6.07) is 3.75. The lowest BCUT2D eigenvalue weighted by Gasteiger charge is -2.07. The molecule has 0 amide bonds. The van der Waals surface area contributed by atoms with Crippen LogP contribution in [0.25, 0.3) is 0 Å². The van der Waals surface area contributed by atoms with Gasteiger partial charge in [-0.2, -0.15) is 0 Å². The van der Waals surface area contributed by atoms with E-state index in [9.17, 15) is 0 Å². The number of anilines is 1. The Morgan fingerprint density at radius 2 is 2.23 bits per heavy atom. The highest BCUT2D eigenvalue weighted by Crippen LogP contribution is 2.05. The van der Waals surface area contributed by atoms with Crippen LogP contribution < -0.4 is 5.32 Å². The van der Waals surface area contributed by atoms with Crippen LogP contribution in [0.4, 0.5) is 5.82 Å². The average Bonchev–Trinajstić information content (AvgIpc) is 2.15. The summed E-state index contributed by atoms with van der Waals surface area (Å²) in [5.74, 6) is 1.48. The Labute approximate surface area is 78.8 Å². The van der Waals surface area contributed by atoms with Crippen LogP contribution in [0.3, 0.4) is 0 Å². The van der Waals surface area contributed by atoms with Crippen LogP contribution in [0, 0.1) is 5.92 Å². The zero-order valence-corrected chi connectivity index (χ0v) is 8.12. The fraction of sp³-hybridized carbons (Fsp3) is 0.500. The molecule has 0 saturated heterocycles. The van der Waals surface area contributed by atoms with Crippen LogP contribution in [0.5, 0.6) is 0 Å². The largest absolute Gasteiger partial charge is 0.392 e. The first kappa shape index (κ1) is 9.99. The van der Waals surface area contributed by atoms with Crippen LogP contribution in [0.15, 0.2) is 18.3 Å². The molecule has 0 radical (unpaired) electrons. The van der Waals surface area contributed by atoms with E-state index in [0.29, 0.717) is 5.92 Å². The maximum atomic E-state index is 8.79. The van der Waals surface area contributed by atoms with Crippen molar-refractivity contribution in [1.29, 1.82) is 0 Å². The molecule has 0 atom stereocenters. The second-order valence-electron chi connectivity index (χ2n) is 3.48. The summed E-state index contributed by atoms with van der Waals surface area (Å²) >= 11 is 0. The number of hydrogen-bond donors (Lipinski definition) is 2. The summed E-state index contributed by atoms with van der Waals surface area (Å²) < 4.78 is 0. The van der Waals surface area contributed by atoms with Gasteiger partial charge in [0.25, 0.3) is 0 Å². The van der Waals surface area contributed by atoms with E-state index >= 15 is 0 Å². The van der Waals surface area contributed by atoms with E-state index in [1.165, 1.54) is 0 Å². The van der Waals surface area contributed by atoms with Crippen molar-refractivity contribution in [3.8, 4) is 0 Å². The van der Waals surface area contributed by atoms with Gasteiger partial charge in [-0.3, -0.25) is 0 Å². The van der Waals surface area contributed by atoms with Crippen molar-refractivity contribution in [2.75, 3.05) is 11.9 Å². The molecule has 3 heteroatoms. The number of pyridine rings is 1. The lowest BCUT2D eigenvalue weighted by Crippen LogP contribution is -2.08. The maximum Gasteiger partial charge on any atom is 0.125 e. The van der Waals surface area contributed by atoms with E-state index in [4.69, 9.17) is 5.11 Å². The van der Waals surface area contributed by atoms with Crippen molar-refractivity contribution >= 4 is 5.82 Å².